The number of rotatable bonds is 3. The van der Waals surface area contributed by atoms with Crippen molar-refractivity contribution >= 4 is 17.4 Å². The van der Waals surface area contributed by atoms with Crippen LogP contribution in [-0.4, -0.2) is 16.3 Å². The summed E-state index contributed by atoms with van der Waals surface area (Å²) in [5.41, 5.74) is -0.641. The fourth-order valence-electron chi connectivity index (χ4n) is 1.17. The van der Waals surface area contributed by atoms with E-state index in [-0.39, 0.29) is 11.3 Å². The van der Waals surface area contributed by atoms with E-state index in [1.54, 1.807) is 0 Å². The van der Waals surface area contributed by atoms with Gasteiger partial charge in [0.25, 0.3) is 6.43 Å². The average Bonchev–Trinajstić information content (AvgIpc) is 2.16. The van der Waals surface area contributed by atoms with E-state index >= 15 is 0 Å². The van der Waals surface area contributed by atoms with Gasteiger partial charge in [0, 0.05) is 11.1 Å². The maximum atomic E-state index is 12.5. The molecule has 0 saturated carbocycles. The SMILES string of the molecule is CC(Cl)C(=O)c1ccc(O)cc1C(F)F. The molecule has 82 valence electrons. The maximum absolute atomic E-state index is 12.5. The Balaban J connectivity index is 3.23. The molecule has 1 rings (SSSR count). The summed E-state index contributed by atoms with van der Waals surface area (Å²) in [5, 5.41) is 8.16. The Morgan fingerprint density at radius 1 is 1.47 bits per heavy atom. The van der Waals surface area contributed by atoms with Crippen molar-refractivity contribution in [2.24, 2.45) is 0 Å². The number of hydrogen-bond donors (Lipinski definition) is 1. The van der Waals surface area contributed by atoms with E-state index in [1.807, 2.05) is 0 Å². The third-order valence-electron chi connectivity index (χ3n) is 1.90. The first-order valence-corrected chi connectivity index (χ1v) is 4.66. The fourth-order valence-corrected chi connectivity index (χ4v) is 1.29. The number of ketones is 1. The van der Waals surface area contributed by atoms with Crippen LogP contribution in [0.3, 0.4) is 0 Å². The second-order valence-electron chi connectivity index (χ2n) is 3.05. The van der Waals surface area contributed by atoms with Crippen LogP contribution in [0.4, 0.5) is 8.78 Å². The zero-order valence-corrected chi connectivity index (χ0v) is 8.63. The lowest BCUT2D eigenvalue weighted by Gasteiger charge is -2.09. The molecule has 1 atom stereocenters. The molecule has 0 aliphatic heterocycles. The lowest BCUT2D eigenvalue weighted by Crippen LogP contribution is -2.13. The Hall–Kier alpha value is -1.16. The van der Waals surface area contributed by atoms with Gasteiger partial charge in [-0.2, -0.15) is 0 Å². The van der Waals surface area contributed by atoms with Gasteiger partial charge in [-0.05, 0) is 25.1 Å². The molecule has 5 heteroatoms. The first-order valence-electron chi connectivity index (χ1n) is 4.23. The van der Waals surface area contributed by atoms with Crippen LogP contribution in [0.15, 0.2) is 18.2 Å². The normalized spacial score (nSPS) is 12.9. The first kappa shape index (κ1) is 11.9. The Morgan fingerprint density at radius 3 is 2.53 bits per heavy atom. The molecule has 2 nitrogen and oxygen atoms in total. The van der Waals surface area contributed by atoms with Crippen LogP contribution in [0.5, 0.6) is 5.75 Å². The first-order chi connectivity index (χ1) is 6.93. The number of alkyl halides is 3. The van der Waals surface area contributed by atoms with Gasteiger partial charge < -0.3 is 5.11 Å². The van der Waals surface area contributed by atoms with Crippen LogP contribution in [0.1, 0.15) is 29.3 Å². The molecule has 1 unspecified atom stereocenters. The van der Waals surface area contributed by atoms with Crippen LogP contribution in [0.25, 0.3) is 0 Å². The predicted molar refractivity (Wildman–Crippen MR) is 52.7 cm³/mol. The van der Waals surface area contributed by atoms with Crippen molar-refractivity contribution in [2.75, 3.05) is 0 Å². The smallest absolute Gasteiger partial charge is 0.264 e. The van der Waals surface area contributed by atoms with E-state index in [2.05, 4.69) is 0 Å². The van der Waals surface area contributed by atoms with Gasteiger partial charge in [-0.3, -0.25) is 4.79 Å². The predicted octanol–water partition coefficient (Wildman–Crippen LogP) is 3.14. The minimum absolute atomic E-state index is 0.148. The standard InChI is InChI=1S/C10H9ClF2O2/c1-5(11)9(15)7-3-2-6(14)4-8(7)10(12)13/h2-5,10,14H,1H3. The second-order valence-corrected chi connectivity index (χ2v) is 3.71. The van der Waals surface area contributed by atoms with Crippen molar-refractivity contribution < 1.29 is 18.7 Å². The van der Waals surface area contributed by atoms with E-state index in [4.69, 9.17) is 16.7 Å². The molecule has 1 aromatic carbocycles. The molecule has 0 aromatic heterocycles. The maximum Gasteiger partial charge on any atom is 0.264 e. The quantitative estimate of drug-likeness (QED) is 0.644. The summed E-state index contributed by atoms with van der Waals surface area (Å²) >= 11 is 5.52. The highest BCUT2D eigenvalue weighted by Crippen LogP contribution is 2.28. The van der Waals surface area contributed by atoms with Crippen LogP contribution in [0.2, 0.25) is 0 Å². The van der Waals surface area contributed by atoms with Crippen molar-refractivity contribution in [1.82, 2.24) is 0 Å². The van der Waals surface area contributed by atoms with Crippen molar-refractivity contribution in [2.45, 2.75) is 18.7 Å². The molecule has 0 amide bonds. The topological polar surface area (TPSA) is 37.3 Å². The molecular weight excluding hydrogens is 226 g/mol. The molecule has 0 bridgehead atoms. The Morgan fingerprint density at radius 2 is 2.07 bits per heavy atom. The molecule has 0 aliphatic carbocycles. The second kappa shape index (κ2) is 4.57. The number of phenolic OH excluding ortho intramolecular Hbond substituents is 1. The molecule has 0 spiro atoms. The van der Waals surface area contributed by atoms with Gasteiger partial charge in [0.2, 0.25) is 0 Å². The zero-order chi connectivity index (χ0) is 11.6. The van der Waals surface area contributed by atoms with Crippen molar-refractivity contribution in [1.29, 1.82) is 0 Å². The van der Waals surface area contributed by atoms with Crippen LogP contribution in [-0.2, 0) is 0 Å². The summed E-state index contributed by atoms with van der Waals surface area (Å²) in [4.78, 5) is 11.4. The van der Waals surface area contributed by atoms with E-state index in [0.29, 0.717) is 0 Å². The zero-order valence-electron chi connectivity index (χ0n) is 7.88. The number of hydrogen-bond acceptors (Lipinski definition) is 2. The summed E-state index contributed by atoms with van der Waals surface area (Å²) < 4.78 is 25.0. The fraction of sp³-hybridized carbons (Fsp3) is 0.300. The van der Waals surface area contributed by atoms with Crippen molar-refractivity contribution in [3.05, 3.63) is 29.3 Å². The minimum Gasteiger partial charge on any atom is -0.508 e. The highest BCUT2D eigenvalue weighted by molar-refractivity contribution is 6.33. The highest BCUT2D eigenvalue weighted by atomic mass is 35.5. The summed E-state index contributed by atoms with van der Waals surface area (Å²) in [7, 11) is 0. The minimum atomic E-state index is -2.81. The molecule has 0 saturated heterocycles. The highest BCUT2D eigenvalue weighted by Gasteiger charge is 2.21. The van der Waals surface area contributed by atoms with Gasteiger partial charge in [-0.1, -0.05) is 0 Å². The summed E-state index contributed by atoms with van der Waals surface area (Å²) in [6.07, 6.45) is -2.81. The van der Waals surface area contributed by atoms with Gasteiger partial charge in [0.05, 0.1) is 5.38 Å². The molecule has 1 N–H and O–H groups in total. The molecule has 0 heterocycles. The van der Waals surface area contributed by atoms with Gasteiger partial charge in [0.1, 0.15) is 5.75 Å². The van der Waals surface area contributed by atoms with Gasteiger partial charge in [-0.25, -0.2) is 8.78 Å². The number of halogens is 3. The van der Waals surface area contributed by atoms with E-state index in [0.717, 1.165) is 12.1 Å². The third-order valence-corrected chi connectivity index (χ3v) is 2.10. The summed E-state index contributed by atoms with van der Waals surface area (Å²) in [6, 6.07) is 3.20. The monoisotopic (exact) mass is 234 g/mol. The molecular formula is C10H9ClF2O2. The number of Topliss-reactive ketones (excluding diaryl/α,β-unsaturated/α-hetero) is 1. The largest absolute Gasteiger partial charge is 0.508 e. The number of carbonyl (C=O) groups excluding carboxylic acids is 1. The van der Waals surface area contributed by atoms with Gasteiger partial charge in [0.15, 0.2) is 5.78 Å². The molecule has 0 aliphatic rings. The Bertz CT molecular complexity index is 378. The average molecular weight is 235 g/mol. The molecule has 0 fully saturated rings. The molecule has 0 radical (unpaired) electrons. The van der Waals surface area contributed by atoms with Crippen molar-refractivity contribution in [3.63, 3.8) is 0 Å². The van der Waals surface area contributed by atoms with Crippen LogP contribution >= 0.6 is 11.6 Å². The van der Waals surface area contributed by atoms with Crippen LogP contribution < -0.4 is 0 Å². The third kappa shape index (κ3) is 2.65. The van der Waals surface area contributed by atoms with Gasteiger partial charge >= 0.3 is 0 Å². The molecule has 1 aromatic rings. The van der Waals surface area contributed by atoms with E-state index in [1.165, 1.54) is 13.0 Å². The number of aromatic hydroxyl groups is 1. The summed E-state index contributed by atoms with van der Waals surface area (Å²) in [5.74, 6) is -0.879. The Kier molecular flexibility index (Phi) is 3.63. The van der Waals surface area contributed by atoms with Crippen LogP contribution in [0, 0.1) is 0 Å². The van der Waals surface area contributed by atoms with E-state index in [9.17, 15) is 13.6 Å². The van der Waals surface area contributed by atoms with Gasteiger partial charge in [-0.15, -0.1) is 11.6 Å². The van der Waals surface area contributed by atoms with E-state index < -0.39 is 23.1 Å². The summed E-state index contributed by atoms with van der Waals surface area (Å²) in [6.45, 7) is 1.41. The lowest BCUT2D eigenvalue weighted by atomic mass is 10.0. The Labute approximate surface area is 90.5 Å². The number of phenols is 1. The number of benzene rings is 1. The lowest BCUT2D eigenvalue weighted by molar-refractivity contribution is 0.0977. The van der Waals surface area contributed by atoms with Crippen molar-refractivity contribution in [3.8, 4) is 5.75 Å². The number of carbonyl (C=O) groups is 1. The molecule has 15 heavy (non-hydrogen) atoms.